The molecule has 1 aliphatic carbocycles. The van der Waals surface area contributed by atoms with Gasteiger partial charge in [-0.15, -0.1) is 0 Å². The highest BCUT2D eigenvalue weighted by Gasteiger charge is 2.25. The lowest BCUT2D eigenvalue weighted by Gasteiger charge is -2.13. The lowest BCUT2D eigenvalue weighted by molar-refractivity contribution is 0.683. The molecule has 2 heterocycles. The Balaban J connectivity index is 1.92. The second-order valence-corrected chi connectivity index (χ2v) is 4.77. The number of nitrogens with one attached hydrogen (secondary N) is 2. The second-order valence-electron chi connectivity index (χ2n) is 4.77. The summed E-state index contributed by atoms with van der Waals surface area (Å²) in [6.07, 6.45) is 5.67. The van der Waals surface area contributed by atoms with E-state index in [-0.39, 0.29) is 17.5 Å². The van der Waals surface area contributed by atoms with E-state index in [4.69, 9.17) is 5.26 Å². The average molecular weight is 255 g/mol. The number of aromatic nitrogens is 3. The lowest BCUT2D eigenvalue weighted by Crippen LogP contribution is -2.18. The SMILES string of the molecule is N#C[C@@H]1CC[C@@H](Nc2ncnc3c(=O)[nH]ccc23)C1. The molecule has 2 aromatic heterocycles. The molecule has 6 heteroatoms. The van der Waals surface area contributed by atoms with Crippen LogP contribution in [0.4, 0.5) is 5.82 Å². The van der Waals surface area contributed by atoms with E-state index in [0.717, 1.165) is 19.3 Å². The summed E-state index contributed by atoms with van der Waals surface area (Å²) in [6, 6.07) is 4.32. The summed E-state index contributed by atoms with van der Waals surface area (Å²) in [7, 11) is 0. The van der Waals surface area contributed by atoms with Gasteiger partial charge in [0, 0.05) is 23.5 Å². The fourth-order valence-corrected chi connectivity index (χ4v) is 2.54. The number of anilines is 1. The predicted octanol–water partition coefficient (Wildman–Crippen LogP) is 1.42. The molecule has 0 radical (unpaired) electrons. The van der Waals surface area contributed by atoms with Gasteiger partial charge in [-0.3, -0.25) is 4.79 Å². The molecule has 2 atom stereocenters. The van der Waals surface area contributed by atoms with Gasteiger partial charge in [-0.1, -0.05) is 0 Å². The third-order valence-corrected chi connectivity index (χ3v) is 3.52. The van der Waals surface area contributed by atoms with Crippen LogP contribution < -0.4 is 10.9 Å². The van der Waals surface area contributed by atoms with E-state index in [0.29, 0.717) is 16.7 Å². The highest BCUT2D eigenvalue weighted by molar-refractivity contribution is 5.87. The first-order chi connectivity index (χ1) is 9.28. The van der Waals surface area contributed by atoms with E-state index in [9.17, 15) is 4.79 Å². The van der Waals surface area contributed by atoms with Crippen molar-refractivity contribution in [2.24, 2.45) is 5.92 Å². The number of hydrogen-bond donors (Lipinski definition) is 2. The molecule has 0 unspecified atom stereocenters. The Hall–Kier alpha value is -2.42. The Morgan fingerprint density at radius 3 is 3.11 bits per heavy atom. The maximum absolute atomic E-state index is 11.6. The number of aromatic amines is 1. The fraction of sp³-hybridized carbons (Fsp3) is 0.385. The van der Waals surface area contributed by atoms with Crippen LogP contribution in [-0.4, -0.2) is 21.0 Å². The number of nitriles is 1. The molecule has 2 aromatic rings. The van der Waals surface area contributed by atoms with Crippen molar-refractivity contribution in [2.45, 2.75) is 25.3 Å². The van der Waals surface area contributed by atoms with Crippen LogP contribution in [0, 0.1) is 17.2 Å². The zero-order valence-corrected chi connectivity index (χ0v) is 10.3. The molecule has 0 saturated heterocycles. The smallest absolute Gasteiger partial charge is 0.274 e. The minimum atomic E-state index is -0.218. The van der Waals surface area contributed by atoms with Crippen molar-refractivity contribution in [1.29, 1.82) is 5.26 Å². The maximum Gasteiger partial charge on any atom is 0.274 e. The standard InChI is InChI=1S/C13H13N5O/c14-6-8-1-2-9(5-8)18-12-10-3-4-15-13(19)11(10)16-7-17-12/h3-4,7-9H,1-2,5H2,(H,15,19)(H,16,17,18)/t8-,9-/m1/s1. The number of nitrogens with zero attached hydrogens (tertiary/aromatic N) is 3. The van der Waals surface area contributed by atoms with E-state index in [1.165, 1.54) is 6.33 Å². The van der Waals surface area contributed by atoms with Crippen molar-refractivity contribution >= 4 is 16.7 Å². The van der Waals surface area contributed by atoms with Gasteiger partial charge in [-0.25, -0.2) is 9.97 Å². The Kier molecular flexibility index (Phi) is 2.88. The van der Waals surface area contributed by atoms with Crippen molar-refractivity contribution < 1.29 is 0 Å². The Morgan fingerprint density at radius 2 is 2.32 bits per heavy atom. The zero-order valence-electron chi connectivity index (χ0n) is 10.3. The summed E-state index contributed by atoms with van der Waals surface area (Å²) >= 11 is 0. The summed E-state index contributed by atoms with van der Waals surface area (Å²) in [5, 5.41) is 12.9. The van der Waals surface area contributed by atoms with Gasteiger partial charge < -0.3 is 10.3 Å². The summed E-state index contributed by atoms with van der Waals surface area (Å²) in [6.45, 7) is 0. The molecule has 1 aliphatic rings. The Labute approximate surface area is 109 Å². The number of H-pyrrole nitrogens is 1. The molecule has 2 N–H and O–H groups in total. The van der Waals surface area contributed by atoms with Crippen LogP contribution in [0.2, 0.25) is 0 Å². The molecule has 6 nitrogen and oxygen atoms in total. The largest absolute Gasteiger partial charge is 0.367 e. The molecular formula is C13H13N5O. The van der Waals surface area contributed by atoms with E-state index in [1.54, 1.807) is 12.3 Å². The summed E-state index contributed by atoms with van der Waals surface area (Å²) < 4.78 is 0. The van der Waals surface area contributed by atoms with Gasteiger partial charge in [-0.2, -0.15) is 5.26 Å². The van der Waals surface area contributed by atoms with Gasteiger partial charge >= 0.3 is 0 Å². The highest BCUT2D eigenvalue weighted by Crippen LogP contribution is 2.28. The van der Waals surface area contributed by atoms with Gasteiger partial charge in [0.25, 0.3) is 5.56 Å². The van der Waals surface area contributed by atoms with Crippen LogP contribution in [0.5, 0.6) is 0 Å². The first kappa shape index (κ1) is 11.7. The van der Waals surface area contributed by atoms with Crippen molar-refractivity contribution in [3.05, 3.63) is 28.9 Å². The normalized spacial score (nSPS) is 22.3. The van der Waals surface area contributed by atoms with Crippen LogP contribution in [0.25, 0.3) is 10.9 Å². The van der Waals surface area contributed by atoms with Crippen LogP contribution >= 0.6 is 0 Å². The molecule has 0 bridgehead atoms. The molecule has 0 spiro atoms. The van der Waals surface area contributed by atoms with Crippen LogP contribution in [-0.2, 0) is 0 Å². The molecule has 0 amide bonds. The minimum absolute atomic E-state index is 0.119. The van der Waals surface area contributed by atoms with Gasteiger partial charge in [0.1, 0.15) is 17.7 Å². The maximum atomic E-state index is 11.6. The minimum Gasteiger partial charge on any atom is -0.367 e. The van der Waals surface area contributed by atoms with Gasteiger partial charge in [0.15, 0.2) is 0 Å². The molecule has 96 valence electrons. The van der Waals surface area contributed by atoms with Crippen LogP contribution in [0.1, 0.15) is 19.3 Å². The van der Waals surface area contributed by atoms with Crippen molar-refractivity contribution in [3.8, 4) is 6.07 Å². The fourth-order valence-electron chi connectivity index (χ4n) is 2.54. The van der Waals surface area contributed by atoms with Gasteiger partial charge in [0.2, 0.25) is 0 Å². The summed E-state index contributed by atoms with van der Waals surface area (Å²) in [5.41, 5.74) is 0.166. The first-order valence-electron chi connectivity index (χ1n) is 6.26. The van der Waals surface area contributed by atoms with E-state index >= 15 is 0 Å². The van der Waals surface area contributed by atoms with Crippen molar-refractivity contribution in [2.75, 3.05) is 5.32 Å². The average Bonchev–Trinajstić information content (AvgIpc) is 2.88. The monoisotopic (exact) mass is 255 g/mol. The third kappa shape index (κ3) is 2.15. The van der Waals surface area contributed by atoms with Crippen LogP contribution in [0.15, 0.2) is 23.4 Å². The number of pyridine rings is 1. The molecule has 0 aromatic carbocycles. The highest BCUT2D eigenvalue weighted by atomic mass is 16.1. The number of rotatable bonds is 2. The topological polar surface area (TPSA) is 94.5 Å². The summed E-state index contributed by atoms with van der Waals surface area (Å²) in [4.78, 5) is 22.4. The predicted molar refractivity (Wildman–Crippen MR) is 70.5 cm³/mol. The Morgan fingerprint density at radius 1 is 1.42 bits per heavy atom. The van der Waals surface area contributed by atoms with Crippen LogP contribution in [0.3, 0.4) is 0 Å². The first-order valence-corrected chi connectivity index (χ1v) is 6.26. The van der Waals surface area contributed by atoms with Gasteiger partial charge in [-0.05, 0) is 25.3 Å². The van der Waals surface area contributed by atoms with E-state index in [2.05, 4.69) is 26.3 Å². The Bertz CT molecular complexity index is 702. The molecule has 0 aliphatic heterocycles. The quantitative estimate of drug-likeness (QED) is 0.846. The number of fused-ring (bicyclic) bond motifs is 1. The molecule has 1 fully saturated rings. The molecule has 19 heavy (non-hydrogen) atoms. The van der Waals surface area contributed by atoms with Crippen molar-refractivity contribution in [3.63, 3.8) is 0 Å². The molecule has 3 rings (SSSR count). The van der Waals surface area contributed by atoms with Crippen molar-refractivity contribution in [1.82, 2.24) is 15.0 Å². The van der Waals surface area contributed by atoms with E-state index in [1.807, 2.05) is 0 Å². The second kappa shape index (κ2) is 4.69. The molecular weight excluding hydrogens is 242 g/mol. The zero-order chi connectivity index (χ0) is 13.2. The number of hydrogen-bond acceptors (Lipinski definition) is 5. The van der Waals surface area contributed by atoms with Gasteiger partial charge in [0.05, 0.1) is 6.07 Å². The summed E-state index contributed by atoms with van der Waals surface area (Å²) in [5.74, 6) is 0.786. The third-order valence-electron chi connectivity index (χ3n) is 3.52. The van der Waals surface area contributed by atoms with E-state index < -0.39 is 0 Å². The lowest BCUT2D eigenvalue weighted by atomic mass is 10.1. The molecule has 1 saturated carbocycles.